The second kappa shape index (κ2) is 13.5. The number of para-hydroxylation sites is 1. The first-order valence-corrected chi connectivity index (χ1v) is 12.7. The number of carbonyl (C=O) groups is 2. The van der Waals surface area contributed by atoms with Gasteiger partial charge in [-0.2, -0.15) is 0 Å². The van der Waals surface area contributed by atoms with Crippen LogP contribution in [0.25, 0.3) is 0 Å². The average molecular weight is 508 g/mol. The van der Waals surface area contributed by atoms with Crippen LogP contribution in [-0.4, -0.2) is 28.8 Å². The van der Waals surface area contributed by atoms with E-state index in [1.165, 1.54) is 11.8 Å². The number of hydrogen-bond donors (Lipinski definition) is 3. The van der Waals surface area contributed by atoms with Crippen LogP contribution in [0.3, 0.4) is 0 Å². The highest BCUT2D eigenvalue weighted by Gasteiger charge is 2.15. The summed E-state index contributed by atoms with van der Waals surface area (Å²) >= 11 is 6.84. The maximum absolute atomic E-state index is 12.7. The summed E-state index contributed by atoms with van der Waals surface area (Å²) in [6, 6.07) is 24.2. The Morgan fingerprint density at radius 1 is 0.886 bits per heavy atom. The van der Waals surface area contributed by atoms with E-state index in [0.717, 1.165) is 29.1 Å². The lowest BCUT2D eigenvalue weighted by Gasteiger charge is -2.14. The van der Waals surface area contributed by atoms with Crippen LogP contribution < -0.4 is 16.0 Å². The Morgan fingerprint density at radius 3 is 2.26 bits per heavy atom. The smallest absolute Gasteiger partial charge is 0.338 e. The largest absolute Gasteiger partial charge is 0.462 e. The minimum atomic E-state index is -0.354. The van der Waals surface area contributed by atoms with Crippen molar-refractivity contribution < 1.29 is 14.3 Å². The Labute approximate surface area is 215 Å². The molecule has 1 unspecified atom stereocenters. The molecule has 0 heterocycles. The first kappa shape index (κ1) is 26.2. The van der Waals surface area contributed by atoms with E-state index in [1.54, 1.807) is 24.3 Å². The number of ether oxygens (including phenoxy) is 1. The molecule has 0 bridgehead atoms. The number of amides is 1. The number of benzene rings is 3. The quantitative estimate of drug-likeness (QED) is 0.124. The molecule has 0 aliphatic heterocycles. The van der Waals surface area contributed by atoms with Gasteiger partial charge in [-0.3, -0.25) is 4.79 Å². The highest BCUT2D eigenvalue weighted by atomic mass is 32.2. The van der Waals surface area contributed by atoms with Crippen molar-refractivity contribution in [3.05, 3.63) is 84.4 Å². The lowest BCUT2D eigenvalue weighted by Crippen LogP contribution is -2.22. The first-order chi connectivity index (χ1) is 16.9. The second-order valence-corrected chi connectivity index (χ2v) is 9.61. The molecule has 0 aromatic heterocycles. The van der Waals surface area contributed by atoms with Crippen LogP contribution >= 0.6 is 24.0 Å². The van der Waals surface area contributed by atoms with E-state index in [4.69, 9.17) is 17.0 Å². The number of esters is 1. The van der Waals surface area contributed by atoms with Crippen LogP contribution in [0.2, 0.25) is 0 Å². The number of carbonyl (C=O) groups excluding carboxylic acids is 2. The van der Waals surface area contributed by atoms with E-state index in [9.17, 15) is 9.59 Å². The summed E-state index contributed by atoms with van der Waals surface area (Å²) in [7, 11) is 0. The van der Waals surface area contributed by atoms with Crippen molar-refractivity contribution in [2.45, 2.75) is 36.8 Å². The van der Waals surface area contributed by atoms with Crippen molar-refractivity contribution in [2.75, 3.05) is 22.6 Å². The molecule has 8 heteroatoms. The molecular weight excluding hydrogens is 478 g/mol. The fraction of sp³-hybridized carbons (Fsp3) is 0.222. The molecule has 3 aromatic rings. The molecule has 6 nitrogen and oxygen atoms in total. The lowest BCUT2D eigenvalue weighted by molar-refractivity contribution is -0.115. The number of anilines is 3. The molecule has 0 aliphatic carbocycles. The third-order valence-corrected chi connectivity index (χ3v) is 6.22. The molecule has 3 rings (SSSR count). The number of unbranched alkanes of at least 4 members (excludes halogenated alkanes) is 1. The summed E-state index contributed by atoms with van der Waals surface area (Å²) < 4.78 is 5.21. The van der Waals surface area contributed by atoms with Crippen molar-refractivity contribution in [1.29, 1.82) is 0 Å². The molecule has 1 amide bonds. The van der Waals surface area contributed by atoms with Crippen molar-refractivity contribution in [3.8, 4) is 0 Å². The van der Waals surface area contributed by atoms with Gasteiger partial charge in [-0.1, -0.05) is 37.6 Å². The first-order valence-electron chi connectivity index (χ1n) is 11.4. The molecule has 0 fully saturated rings. The predicted molar refractivity (Wildman–Crippen MR) is 148 cm³/mol. The van der Waals surface area contributed by atoms with E-state index >= 15 is 0 Å². The van der Waals surface area contributed by atoms with Gasteiger partial charge in [0.2, 0.25) is 5.91 Å². The Bertz CT molecular complexity index is 1140. The third-order valence-electron chi connectivity index (χ3n) is 4.92. The van der Waals surface area contributed by atoms with E-state index in [-0.39, 0.29) is 17.1 Å². The van der Waals surface area contributed by atoms with Crippen LogP contribution in [0.5, 0.6) is 0 Å². The highest BCUT2D eigenvalue weighted by Crippen LogP contribution is 2.27. The van der Waals surface area contributed by atoms with E-state index in [2.05, 4.69) is 16.0 Å². The van der Waals surface area contributed by atoms with Gasteiger partial charge >= 0.3 is 5.97 Å². The van der Waals surface area contributed by atoms with Crippen LogP contribution in [0, 0.1) is 0 Å². The summed E-state index contributed by atoms with van der Waals surface area (Å²) in [5.41, 5.74) is 2.82. The van der Waals surface area contributed by atoms with Crippen molar-refractivity contribution in [3.63, 3.8) is 0 Å². The molecule has 3 aromatic carbocycles. The summed E-state index contributed by atoms with van der Waals surface area (Å²) in [6.45, 7) is 4.30. The number of thiocarbonyl (C=S) groups is 1. The van der Waals surface area contributed by atoms with Gasteiger partial charge in [-0.05, 0) is 80.2 Å². The maximum Gasteiger partial charge on any atom is 0.338 e. The van der Waals surface area contributed by atoms with Crippen LogP contribution in [-0.2, 0) is 9.53 Å². The molecule has 0 radical (unpaired) electrons. The number of nitrogens with one attached hydrogen (secondary N) is 3. The Morgan fingerprint density at radius 2 is 1.54 bits per heavy atom. The summed E-state index contributed by atoms with van der Waals surface area (Å²) in [4.78, 5) is 25.7. The molecule has 35 heavy (non-hydrogen) atoms. The summed E-state index contributed by atoms with van der Waals surface area (Å²) in [6.07, 6.45) is 1.81. The SMILES string of the molecule is CCCCOC(=O)c1ccc(NC(=O)C(C)Sc2cccc(NC(=S)Nc3ccccc3)c2)cc1. The van der Waals surface area contributed by atoms with Crippen LogP contribution in [0.4, 0.5) is 17.1 Å². The van der Waals surface area contributed by atoms with E-state index in [1.807, 2.05) is 68.4 Å². The molecular formula is C27H29N3O3S2. The standard InChI is InChI=1S/C27H29N3O3S2/c1-3-4-17-33-26(32)20-13-15-22(16-14-20)28-25(31)19(2)35-24-12-8-11-23(18-24)30-27(34)29-21-9-6-5-7-10-21/h5-16,18-19H,3-4,17H2,1-2H3,(H,28,31)(H2,29,30,34). The average Bonchev–Trinajstić information content (AvgIpc) is 2.85. The van der Waals surface area contributed by atoms with Gasteiger partial charge in [0, 0.05) is 22.0 Å². The van der Waals surface area contributed by atoms with E-state index in [0.29, 0.717) is 23.0 Å². The van der Waals surface area contributed by atoms with Crippen molar-refractivity contribution in [2.24, 2.45) is 0 Å². The molecule has 0 saturated carbocycles. The van der Waals surface area contributed by atoms with Gasteiger partial charge in [0.1, 0.15) is 0 Å². The second-order valence-electron chi connectivity index (χ2n) is 7.79. The van der Waals surface area contributed by atoms with Gasteiger partial charge in [-0.15, -0.1) is 11.8 Å². The molecule has 182 valence electrons. The zero-order valence-corrected chi connectivity index (χ0v) is 21.4. The number of hydrogen-bond acceptors (Lipinski definition) is 5. The maximum atomic E-state index is 12.7. The molecule has 3 N–H and O–H groups in total. The minimum Gasteiger partial charge on any atom is -0.462 e. The predicted octanol–water partition coefficient (Wildman–Crippen LogP) is 6.57. The monoisotopic (exact) mass is 507 g/mol. The van der Waals surface area contributed by atoms with Gasteiger partial charge in [0.25, 0.3) is 0 Å². The molecule has 0 aliphatic rings. The van der Waals surface area contributed by atoms with Crippen LogP contribution in [0.15, 0.2) is 83.8 Å². The van der Waals surface area contributed by atoms with Crippen LogP contribution in [0.1, 0.15) is 37.0 Å². The summed E-state index contributed by atoms with van der Waals surface area (Å²) in [5.74, 6) is -0.486. The number of thioether (sulfide) groups is 1. The van der Waals surface area contributed by atoms with Gasteiger partial charge in [0.15, 0.2) is 5.11 Å². The zero-order valence-electron chi connectivity index (χ0n) is 19.7. The number of rotatable bonds is 10. The zero-order chi connectivity index (χ0) is 25.0. The lowest BCUT2D eigenvalue weighted by atomic mass is 10.2. The van der Waals surface area contributed by atoms with Gasteiger partial charge < -0.3 is 20.7 Å². The molecule has 0 saturated heterocycles. The van der Waals surface area contributed by atoms with E-state index < -0.39 is 0 Å². The van der Waals surface area contributed by atoms with Crippen molar-refractivity contribution in [1.82, 2.24) is 0 Å². The Hall–Kier alpha value is -3.36. The van der Waals surface area contributed by atoms with Gasteiger partial charge in [-0.25, -0.2) is 4.79 Å². The molecule has 0 spiro atoms. The Kier molecular flexibility index (Phi) is 10.1. The fourth-order valence-electron chi connectivity index (χ4n) is 3.05. The Balaban J connectivity index is 1.51. The normalized spacial score (nSPS) is 11.3. The van der Waals surface area contributed by atoms with Crippen molar-refractivity contribution >= 4 is 58.0 Å². The molecule has 1 atom stereocenters. The summed E-state index contributed by atoms with van der Waals surface area (Å²) in [5, 5.41) is 9.36. The third kappa shape index (κ3) is 8.73. The topological polar surface area (TPSA) is 79.5 Å². The van der Waals surface area contributed by atoms with Gasteiger partial charge in [0.05, 0.1) is 17.4 Å². The minimum absolute atomic E-state index is 0.132. The fourth-order valence-corrected chi connectivity index (χ4v) is 4.21. The highest BCUT2D eigenvalue weighted by molar-refractivity contribution is 8.00.